The van der Waals surface area contributed by atoms with Gasteiger partial charge in [0.25, 0.3) is 0 Å². The minimum absolute atomic E-state index is 0.00236. The molecule has 0 bridgehead atoms. The fraction of sp³-hybridized carbons (Fsp3) is 0.111. The zero-order chi connectivity index (χ0) is 11.9. The van der Waals surface area contributed by atoms with E-state index in [0.29, 0.717) is 14.7 Å². The van der Waals surface area contributed by atoms with Crippen LogP contribution in [0.4, 0.5) is 0 Å². The van der Waals surface area contributed by atoms with Crippen molar-refractivity contribution in [2.75, 3.05) is 0 Å². The number of hydrogen-bond acceptors (Lipinski definition) is 4. The van der Waals surface area contributed by atoms with Crippen LogP contribution in [0.15, 0.2) is 24.1 Å². The number of carboxylic acids is 1. The first-order valence-corrected chi connectivity index (χ1v) is 5.73. The zero-order valence-electron chi connectivity index (χ0n) is 7.95. The summed E-state index contributed by atoms with van der Waals surface area (Å²) in [7, 11) is 0. The van der Waals surface area contributed by atoms with Crippen molar-refractivity contribution in [2.45, 2.75) is 6.92 Å². The Morgan fingerprint density at radius 3 is 2.69 bits per heavy atom. The molecule has 0 radical (unpaired) electrons. The van der Waals surface area contributed by atoms with Crippen molar-refractivity contribution in [3.05, 3.63) is 26.5 Å². The van der Waals surface area contributed by atoms with Crippen molar-refractivity contribution in [2.24, 2.45) is 0 Å². The Labute approximate surface area is 107 Å². The lowest BCUT2D eigenvalue weighted by Crippen LogP contribution is -1.98. The molecule has 0 unspecified atom stereocenters. The average molecular weight is 351 g/mol. The number of nitrogens with zero attached hydrogens (tertiary/aromatic N) is 1. The fourth-order valence-corrected chi connectivity index (χ4v) is 1.91. The van der Waals surface area contributed by atoms with Gasteiger partial charge in [0.2, 0.25) is 0 Å². The largest absolute Gasteiger partial charge is 0.477 e. The molecule has 0 fully saturated rings. The molecular weight excluding hydrogens is 346 g/mol. The summed E-state index contributed by atoms with van der Waals surface area (Å²) in [4.78, 5) is 11.0. The van der Waals surface area contributed by atoms with E-state index >= 15 is 0 Å². The number of aromatic nitrogens is 1. The van der Waals surface area contributed by atoms with E-state index in [0.717, 1.165) is 0 Å². The number of aryl methyl sites for hydroxylation is 1. The minimum atomic E-state index is -1.10. The van der Waals surface area contributed by atoms with E-state index in [2.05, 4.69) is 37.0 Å². The van der Waals surface area contributed by atoms with Crippen LogP contribution in [0.5, 0.6) is 0 Å². The predicted molar refractivity (Wildman–Crippen MR) is 61.3 cm³/mol. The minimum Gasteiger partial charge on any atom is -0.477 e. The Kier molecular flexibility index (Phi) is 2.90. The molecule has 0 atom stereocenters. The summed E-state index contributed by atoms with van der Waals surface area (Å²) in [5.41, 5.74) is 0.171. The Morgan fingerprint density at radius 2 is 2.19 bits per heavy atom. The number of carboxylic acid groups (broad SMARTS) is 1. The van der Waals surface area contributed by atoms with Gasteiger partial charge in [-0.25, -0.2) is 4.79 Å². The number of aromatic carboxylic acids is 1. The van der Waals surface area contributed by atoms with E-state index in [-0.39, 0.29) is 17.0 Å². The van der Waals surface area contributed by atoms with Gasteiger partial charge in [0.1, 0.15) is 17.6 Å². The second-order valence-electron chi connectivity index (χ2n) is 2.99. The summed E-state index contributed by atoms with van der Waals surface area (Å²) < 4.78 is 11.3. The van der Waals surface area contributed by atoms with Gasteiger partial charge in [-0.15, -0.1) is 0 Å². The molecule has 2 aromatic heterocycles. The number of rotatable bonds is 2. The van der Waals surface area contributed by atoms with Crippen molar-refractivity contribution >= 4 is 37.8 Å². The SMILES string of the molecule is Cc1onc(-c2occ(Br)c2Br)c1C(=O)O. The quantitative estimate of drug-likeness (QED) is 0.897. The van der Waals surface area contributed by atoms with E-state index < -0.39 is 5.97 Å². The summed E-state index contributed by atoms with van der Waals surface area (Å²) in [5.74, 6) is -0.545. The third kappa shape index (κ3) is 1.69. The highest BCUT2D eigenvalue weighted by molar-refractivity contribution is 9.13. The second-order valence-corrected chi connectivity index (χ2v) is 4.64. The highest BCUT2D eigenvalue weighted by Gasteiger charge is 2.25. The number of carbonyl (C=O) groups is 1. The molecule has 0 aliphatic carbocycles. The van der Waals surface area contributed by atoms with Gasteiger partial charge in [0.15, 0.2) is 11.5 Å². The second kappa shape index (κ2) is 4.06. The van der Waals surface area contributed by atoms with Gasteiger partial charge >= 0.3 is 5.97 Å². The molecular formula is C9H5Br2NO4. The average Bonchev–Trinajstić information content (AvgIpc) is 2.72. The zero-order valence-corrected chi connectivity index (χ0v) is 11.1. The van der Waals surface area contributed by atoms with Crippen LogP contribution in [-0.2, 0) is 0 Å². The van der Waals surface area contributed by atoms with Gasteiger partial charge in [-0.3, -0.25) is 0 Å². The van der Waals surface area contributed by atoms with Crippen molar-refractivity contribution < 1.29 is 18.8 Å². The maximum absolute atomic E-state index is 11.0. The standard InChI is InChI=1S/C9H5Br2NO4/c1-3-5(9(13)14)7(12-16-3)8-6(11)4(10)2-15-8/h2H,1H3,(H,13,14). The van der Waals surface area contributed by atoms with E-state index in [1.54, 1.807) is 0 Å². The molecule has 7 heteroatoms. The third-order valence-corrected chi connectivity index (χ3v) is 3.88. The topological polar surface area (TPSA) is 76.5 Å². The Hall–Kier alpha value is -1.08. The summed E-state index contributed by atoms with van der Waals surface area (Å²) in [6.07, 6.45) is 1.44. The lowest BCUT2D eigenvalue weighted by Gasteiger charge is -1.94. The first kappa shape index (κ1) is 11.4. The lowest BCUT2D eigenvalue weighted by molar-refractivity contribution is 0.0695. The monoisotopic (exact) mass is 349 g/mol. The summed E-state index contributed by atoms with van der Waals surface area (Å²) in [6, 6.07) is 0. The number of hydrogen-bond donors (Lipinski definition) is 1. The van der Waals surface area contributed by atoms with E-state index in [1.807, 2.05) is 0 Å². The molecule has 16 heavy (non-hydrogen) atoms. The maximum atomic E-state index is 11.0. The van der Waals surface area contributed by atoms with Gasteiger partial charge in [0.05, 0.1) is 8.95 Å². The highest BCUT2D eigenvalue weighted by Crippen LogP contribution is 2.37. The molecule has 0 aliphatic heterocycles. The van der Waals surface area contributed by atoms with Gasteiger partial charge < -0.3 is 14.0 Å². The van der Waals surface area contributed by atoms with Crippen LogP contribution >= 0.6 is 31.9 Å². The fourth-order valence-electron chi connectivity index (χ4n) is 1.26. The van der Waals surface area contributed by atoms with Crippen LogP contribution in [0.1, 0.15) is 16.1 Å². The lowest BCUT2D eigenvalue weighted by atomic mass is 10.1. The van der Waals surface area contributed by atoms with Crippen LogP contribution in [0.2, 0.25) is 0 Å². The molecule has 5 nitrogen and oxygen atoms in total. The van der Waals surface area contributed by atoms with Crippen molar-refractivity contribution in [1.82, 2.24) is 5.16 Å². The molecule has 0 saturated heterocycles. The van der Waals surface area contributed by atoms with Gasteiger partial charge in [-0.1, -0.05) is 5.16 Å². The summed E-state index contributed by atoms with van der Waals surface area (Å²) >= 11 is 6.50. The molecule has 2 rings (SSSR count). The molecule has 0 aliphatic rings. The van der Waals surface area contributed by atoms with Gasteiger partial charge in [-0.2, -0.15) is 0 Å². The molecule has 2 heterocycles. The molecule has 0 amide bonds. The molecule has 0 saturated carbocycles. The van der Waals surface area contributed by atoms with Crippen LogP contribution in [0.3, 0.4) is 0 Å². The Bertz CT molecular complexity index is 558. The smallest absolute Gasteiger partial charge is 0.341 e. The molecule has 0 spiro atoms. The number of halogens is 2. The van der Waals surface area contributed by atoms with Crippen LogP contribution < -0.4 is 0 Å². The van der Waals surface area contributed by atoms with E-state index in [4.69, 9.17) is 14.0 Å². The van der Waals surface area contributed by atoms with Crippen LogP contribution in [0.25, 0.3) is 11.5 Å². The van der Waals surface area contributed by atoms with Gasteiger partial charge in [-0.05, 0) is 38.8 Å². The van der Waals surface area contributed by atoms with Crippen LogP contribution in [-0.4, -0.2) is 16.2 Å². The number of furan rings is 1. The maximum Gasteiger partial charge on any atom is 0.341 e. The van der Waals surface area contributed by atoms with Crippen LogP contribution in [0, 0.1) is 6.92 Å². The predicted octanol–water partition coefficient (Wildman–Crippen LogP) is 3.47. The summed E-state index contributed by atoms with van der Waals surface area (Å²) in [5, 5.41) is 12.7. The third-order valence-electron chi connectivity index (χ3n) is 1.98. The Morgan fingerprint density at radius 1 is 1.50 bits per heavy atom. The van der Waals surface area contributed by atoms with E-state index in [1.165, 1.54) is 13.2 Å². The van der Waals surface area contributed by atoms with Crippen molar-refractivity contribution in [3.63, 3.8) is 0 Å². The van der Waals surface area contributed by atoms with Crippen molar-refractivity contribution in [3.8, 4) is 11.5 Å². The molecule has 1 N–H and O–H groups in total. The first-order valence-electron chi connectivity index (χ1n) is 4.14. The molecule has 0 aromatic carbocycles. The molecule has 2 aromatic rings. The first-order chi connectivity index (χ1) is 7.52. The van der Waals surface area contributed by atoms with E-state index in [9.17, 15) is 4.79 Å². The Balaban J connectivity index is 2.65. The normalized spacial score (nSPS) is 10.7. The highest BCUT2D eigenvalue weighted by atomic mass is 79.9. The summed E-state index contributed by atoms with van der Waals surface area (Å²) in [6.45, 7) is 1.53. The molecule has 84 valence electrons. The van der Waals surface area contributed by atoms with Gasteiger partial charge in [0, 0.05) is 0 Å². The van der Waals surface area contributed by atoms with Crippen molar-refractivity contribution in [1.29, 1.82) is 0 Å².